The molecule has 5 rings (SSSR count). The van der Waals surface area contributed by atoms with Crippen molar-refractivity contribution >= 4 is 29.1 Å². The fourth-order valence-electron chi connectivity index (χ4n) is 6.29. The minimum Gasteiger partial charge on any atom is -0.371 e. The fourth-order valence-corrected chi connectivity index (χ4v) is 6.54. The Hall–Kier alpha value is -3.59. The minimum absolute atomic E-state index is 0.0760. The average Bonchev–Trinajstić information content (AvgIpc) is 3.38. The fraction of sp³-hybridized carbons (Fsp3) is 0.406. The van der Waals surface area contributed by atoms with Crippen molar-refractivity contribution in [2.75, 3.05) is 32.1 Å². The summed E-state index contributed by atoms with van der Waals surface area (Å²) in [5.74, 6) is -0.914. The van der Waals surface area contributed by atoms with Crippen LogP contribution in [-0.2, 0) is 12.6 Å². The van der Waals surface area contributed by atoms with Gasteiger partial charge in [-0.15, -0.1) is 0 Å². The van der Waals surface area contributed by atoms with Gasteiger partial charge < -0.3 is 14.7 Å². The molecule has 1 fully saturated rings. The summed E-state index contributed by atoms with van der Waals surface area (Å²) in [6, 6.07) is 12.6. The van der Waals surface area contributed by atoms with Crippen molar-refractivity contribution in [1.82, 2.24) is 14.8 Å². The van der Waals surface area contributed by atoms with Crippen LogP contribution in [0.3, 0.4) is 0 Å². The highest BCUT2D eigenvalue weighted by atomic mass is 35.5. The van der Waals surface area contributed by atoms with Crippen LogP contribution < -0.4 is 4.90 Å². The van der Waals surface area contributed by atoms with Gasteiger partial charge in [0.2, 0.25) is 0 Å². The standard InChI is InChI=1S/C32H34ClF3N4O2/c1-19-16-24(17-20(2)37-19)40-14-12-23(13-15-40)38(3)30(41)22-9-8-21-10-11-28(25(21)18-22)39(4)31(42)29-26(32(34,35)36)6-5-7-27(29)33/h5-9,16-18,23,28H,10-15H2,1-4H3. The number of amides is 2. The molecule has 2 aromatic carbocycles. The molecule has 1 aliphatic carbocycles. The lowest BCUT2D eigenvalue weighted by Crippen LogP contribution is -2.45. The lowest BCUT2D eigenvalue weighted by molar-refractivity contribution is -0.138. The Bertz CT molecular complexity index is 1500. The number of carbonyl (C=O) groups excluding carboxylic acids is 2. The quantitative estimate of drug-likeness (QED) is 0.322. The van der Waals surface area contributed by atoms with Gasteiger partial charge in [-0.25, -0.2) is 0 Å². The Morgan fingerprint density at radius 2 is 1.60 bits per heavy atom. The molecule has 2 aliphatic rings. The van der Waals surface area contributed by atoms with Gasteiger partial charge in [0.15, 0.2) is 0 Å². The second-order valence-corrected chi connectivity index (χ2v) is 11.7. The number of pyridine rings is 1. The number of aromatic nitrogens is 1. The predicted octanol–water partition coefficient (Wildman–Crippen LogP) is 6.87. The molecule has 1 atom stereocenters. The Morgan fingerprint density at radius 3 is 2.24 bits per heavy atom. The van der Waals surface area contributed by atoms with E-state index >= 15 is 0 Å². The van der Waals surface area contributed by atoms with Gasteiger partial charge in [0.05, 0.1) is 22.2 Å². The maximum absolute atomic E-state index is 13.7. The number of piperidine rings is 1. The zero-order valence-electron chi connectivity index (χ0n) is 24.1. The molecule has 42 heavy (non-hydrogen) atoms. The molecule has 222 valence electrons. The predicted molar refractivity (Wildman–Crippen MR) is 157 cm³/mol. The SMILES string of the molecule is Cc1cc(N2CCC(N(C)C(=O)c3ccc4c(c3)C(N(C)C(=O)c3c(Cl)cccc3C(F)(F)F)CC4)CC2)cc(C)n1. The number of alkyl halides is 3. The third-order valence-corrected chi connectivity index (χ3v) is 8.84. The van der Waals surface area contributed by atoms with Crippen LogP contribution in [0.25, 0.3) is 0 Å². The summed E-state index contributed by atoms with van der Waals surface area (Å²) in [6.07, 6.45) is -1.87. The molecular weight excluding hydrogens is 565 g/mol. The Labute approximate surface area is 249 Å². The van der Waals surface area contributed by atoms with Crippen molar-refractivity contribution < 1.29 is 22.8 Å². The van der Waals surface area contributed by atoms with Crippen molar-refractivity contribution in [3.05, 3.63) is 92.8 Å². The van der Waals surface area contributed by atoms with Gasteiger partial charge in [-0.2, -0.15) is 13.2 Å². The van der Waals surface area contributed by atoms with Gasteiger partial charge in [-0.05, 0) is 87.1 Å². The number of carbonyl (C=O) groups is 2. The molecule has 2 amide bonds. The third-order valence-electron chi connectivity index (χ3n) is 8.52. The van der Waals surface area contributed by atoms with Crippen molar-refractivity contribution in [1.29, 1.82) is 0 Å². The number of rotatable bonds is 5. The molecule has 0 radical (unpaired) electrons. The number of halogens is 4. The monoisotopic (exact) mass is 598 g/mol. The first-order valence-corrected chi connectivity index (χ1v) is 14.5. The van der Waals surface area contributed by atoms with E-state index < -0.39 is 29.3 Å². The summed E-state index contributed by atoms with van der Waals surface area (Å²) in [5, 5.41) is -0.245. The van der Waals surface area contributed by atoms with Gasteiger partial charge >= 0.3 is 6.18 Å². The molecule has 0 saturated carbocycles. The maximum atomic E-state index is 13.7. The number of aryl methyl sites for hydroxylation is 3. The number of anilines is 1. The Kier molecular flexibility index (Phi) is 8.25. The Balaban J connectivity index is 1.31. The smallest absolute Gasteiger partial charge is 0.371 e. The normalized spacial score (nSPS) is 17.2. The number of benzene rings is 2. The van der Waals surface area contributed by atoms with E-state index in [4.69, 9.17) is 11.6 Å². The molecule has 2 heterocycles. The number of nitrogens with zero attached hydrogens (tertiary/aromatic N) is 4. The van der Waals surface area contributed by atoms with E-state index in [-0.39, 0.29) is 17.0 Å². The molecule has 1 aromatic heterocycles. The average molecular weight is 599 g/mol. The van der Waals surface area contributed by atoms with Crippen LogP contribution >= 0.6 is 11.6 Å². The van der Waals surface area contributed by atoms with Crippen LogP contribution in [0.2, 0.25) is 5.02 Å². The van der Waals surface area contributed by atoms with E-state index in [2.05, 4.69) is 22.0 Å². The zero-order chi connectivity index (χ0) is 30.3. The highest BCUT2D eigenvalue weighted by Crippen LogP contribution is 2.40. The lowest BCUT2D eigenvalue weighted by Gasteiger charge is -2.38. The number of fused-ring (bicyclic) bond motifs is 1. The molecule has 0 N–H and O–H groups in total. The molecule has 10 heteroatoms. The summed E-state index contributed by atoms with van der Waals surface area (Å²) < 4.78 is 41.1. The summed E-state index contributed by atoms with van der Waals surface area (Å²) in [4.78, 5) is 36.9. The van der Waals surface area contributed by atoms with Crippen LogP contribution in [-0.4, -0.2) is 59.8 Å². The molecular formula is C32H34ClF3N4O2. The molecule has 0 bridgehead atoms. The highest BCUT2D eigenvalue weighted by molar-refractivity contribution is 6.34. The van der Waals surface area contributed by atoms with E-state index in [0.717, 1.165) is 60.2 Å². The van der Waals surface area contributed by atoms with Gasteiger partial charge in [-0.3, -0.25) is 14.6 Å². The third kappa shape index (κ3) is 5.84. The van der Waals surface area contributed by atoms with E-state index in [9.17, 15) is 22.8 Å². The molecule has 1 unspecified atom stereocenters. The molecule has 0 spiro atoms. The van der Waals surface area contributed by atoms with E-state index in [0.29, 0.717) is 18.4 Å². The summed E-state index contributed by atoms with van der Waals surface area (Å²) >= 11 is 6.11. The second-order valence-electron chi connectivity index (χ2n) is 11.3. The summed E-state index contributed by atoms with van der Waals surface area (Å²) in [5.41, 5.74) is 3.75. The zero-order valence-corrected chi connectivity index (χ0v) is 24.9. The van der Waals surface area contributed by atoms with Gasteiger partial charge in [-0.1, -0.05) is 23.7 Å². The largest absolute Gasteiger partial charge is 0.417 e. The lowest BCUT2D eigenvalue weighted by atomic mass is 9.99. The highest BCUT2D eigenvalue weighted by Gasteiger charge is 2.39. The summed E-state index contributed by atoms with van der Waals surface area (Å²) in [7, 11) is 3.31. The number of hydrogen-bond donors (Lipinski definition) is 0. The van der Waals surface area contributed by atoms with Crippen molar-refractivity contribution in [3.63, 3.8) is 0 Å². The minimum atomic E-state index is -4.72. The van der Waals surface area contributed by atoms with E-state index in [1.54, 1.807) is 17.0 Å². The maximum Gasteiger partial charge on any atom is 0.417 e. The van der Waals surface area contributed by atoms with Crippen LogP contribution in [0.4, 0.5) is 18.9 Å². The first-order chi connectivity index (χ1) is 19.8. The molecule has 1 saturated heterocycles. The topological polar surface area (TPSA) is 56.8 Å². The second kappa shape index (κ2) is 11.6. The van der Waals surface area contributed by atoms with Gasteiger partial charge in [0, 0.05) is 55.9 Å². The van der Waals surface area contributed by atoms with Crippen LogP contribution in [0, 0.1) is 13.8 Å². The van der Waals surface area contributed by atoms with E-state index in [1.165, 1.54) is 24.1 Å². The Morgan fingerprint density at radius 1 is 0.929 bits per heavy atom. The number of hydrogen-bond acceptors (Lipinski definition) is 4. The van der Waals surface area contributed by atoms with Crippen molar-refractivity contribution in [2.45, 2.75) is 57.8 Å². The van der Waals surface area contributed by atoms with Crippen molar-refractivity contribution in [2.24, 2.45) is 0 Å². The van der Waals surface area contributed by atoms with Crippen molar-refractivity contribution in [3.8, 4) is 0 Å². The first-order valence-electron chi connectivity index (χ1n) is 14.1. The van der Waals surface area contributed by atoms with E-state index in [1.807, 2.05) is 27.0 Å². The summed E-state index contributed by atoms with van der Waals surface area (Å²) in [6.45, 7) is 5.63. The van der Waals surface area contributed by atoms with Gasteiger partial charge in [0.1, 0.15) is 0 Å². The van der Waals surface area contributed by atoms with Gasteiger partial charge in [0.25, 0.3) is 11.8 Å². The molecule has 6 nitrogen and oxygen atoms in total. The molecule has 1 aliphatic heterocycles. The first kappa shape index (κ1) is 29.9. The van der Waals surface area contributed by atoms with Crippen LogP contribution in [0.5, 0.6) is 0 Å². The molecule has 3 aromatic rings. The van der Waals surface area contributed by atoms with Crippen LogP contribution in [0.15, 0.2) is 48.5 Å². The van der Waals surface area contributed by atoms with Crippen LogP contribution in [0.1, 0.15) is 74.1 Å².